The van der Waals surface area contributed by atoms with Crippen LogP contribution < -0.4 is 9.62 Å². The standard InChI is InChI=1S/C25H26ClN5O2S/c1-29-24-5-3-2-4-23(24)27-25(29)18-30-14-16-31(17-15-30)21-10-8-20(9-11-21)28-34(32,33)22-12-6-19(26)7-13-22/h2-13,28H,14-18H2,1H3. The molecule has 0 bridgehead atoms. The van der Waals surface area contributed by atoms with Crippen LogP contribution in [-0.2, 0) is 23.6 Å². The summed E-state index contributed by atoms with van der Waals surface area (Å²) in [6.45, 7) is 4.51. The molecule has 4 aromatic rings. The lowest BCUT2D eigenvalue weighted by Gasteiger charge is -2.36. The van der Waals surface area contributed by atoms with Gasteiger partial charge in [-0.15, -0.1) is 0 Å². The van der Waals surface area contributed by atoms with E-state index < -0.39 is 10.0 Å². The normalized spacial score (nSPS) is 15.1. The molecule has 0 amide bonds. The van der Waals surface area contributed by atoms with Crippen LogP contribution in [-0.4, -0.2) is 49.0 Å². The largest absolute Gasteiger partial charge is 0.369 e. The number of imidazole rings is 1. The van der Waals surface area contributed by atoms with Gasteiger partial charge in [0.25, 0.3) is 10.0 Å². The maximum Gasteiger partial charge on any atom is 0.261 e. The smallest absolute Gasteiger partial charge is 0.261 e. The maximum absolute atomic E-state index is 12.6. The quantitative estimate of drug-likeness (QED) is 0.430. The lowest BCUT2D eigenvalue weighted by Crippen LogP contribution is -2.46. The summed E-state index contributed by atoms with van der Waals surface area (Å²) >= 11 is 5.86. The average Bonchev–Trinajstić information content (AvgIpc) is 3.15. The summed E-state index contributed by atoms with van der Waals surface area (Å²) in [5, 5.41) is 0.497. The van der Waals surface area contributed by atoms with Gasteiger partial charge in [0.1, 0.15) is 5.82 Å². The Kier molecular flexibility index (Phi) is 6.20. The van der Waals surface area contributed by atoms with Crippen molar-refractivity contribution >= 4 is 44.0 Å². The third-order valence-electron chi connectivity index (χ3n) is 6.23. The van der Waals surface area contributed by atoms with Gasteiger partial charge >= 0.3 is 0 Å². The van der Waals surface area contributed by atoms with E-state index in [4.69, 9.17) is 16.6 Å². The third-order valence-corrected chi connectivity index (χ3v) is 7.87. The first-order valence-corrected chi connectivity index (χ1v) is 13.0. The molecule has 1 aliphatic rings. The van der Waals surface area contributed by atoms with Crippen molar-refractivity contribution in [3.05, 3.63) is 83.6 Å². The predicted molar refractivity (Wildman–Crippen MR) is 137 cm³/mol. The first-order valence-electron chi connectivity index (χ1n) is 11.2. The highest BCUT2D eigenvalue weighted by Crippen LogP contribution is 2.23. The molecule has 34 heavy (non-hydrogen) atoms. The number of aromatic nitrogens is 2. The molecular formula is C25H26ClN5O2S. The molecule has 1 fully saturated rings. The number of hydrogen-bond donors (Lipinski definition) is 1. The highest BCUT2D eigenvalue weighted by atomic mass is 35.5. The SMILES string of the molecule is Cn1c(CN2CCN(c3ccc(NS(=O)(=O)c4ccc(Cl)cc4)cc3)CC2)nc2ccccc21. The van der Waals surface area contributed by atoms with E-state index in [0.717, 1.165) is 55.3 Å². The molecule has 5 rings (SSSR count). The molecule has 0 aliphatic carbocycles. The van der Waals surface area contributed by atoms with Crippen molar-refractivity contribution < 1.29 is 8.42 Å². The minimum atomic E-state index is -3.66. The highest BCUT2D eigenvalue weighted by molar-refractivity contribution is 7.92. The fourth-order valence-corrected chi connectivity index (χ4v) is 5.45. The second kappa shape index (κ2) is 9.29. The van der Waals surface area contributed by atoms with Crippen LogP contribution in [0.25, 0.3) is 11.0 Å². The minimum absolute atomic E-state index is 0.178. The Morgan fingerprint density at radius 3 is 2.26 bits per heavy atom. The molecule has 9 heteroatoms. The maximum atomic E-state index is 12.6. The van der Waals surface area contributed by atoms with Crippen LogP contribution in [0.4, 0.5) is 11.4 Å². The summed E-state index contributed by atoms with van der Waals surface area (Å²) in [4.78, 5) is 9.72. The Morgan fingerprint density at radius 2 is 1.59 bits per heavy atom. The monoisotopic (exact) mass is 495 g/mol. The number of sulfonamides is 1. The summed E-state index contributed by atoms with van der Waals surface area (Å²) in [7, 11) is -1.58. The summed E-state index contributed by atoms with van der Waals surface area (Å²) in [6, 6.07) is 21.8. The van der Waals surface area contributed by atoms with Crippen LogP contribution in [0.3, 0.4) is 0 Å². The number of nitrogens with zero attached hydrogens (tertiary/aromatic N) is 4. The number of anilines is 2. The Labute approximate surface area is 204 Å². The zero-order valence-corrected chi connectivity index (χ0v) is 20.4. The summed E-state index contributed by atoms with van der Waals surface area (Å²) in [5.41, 5.74) is 3.80. The number of halogens is 1. The number of rotatable bonds is 6. The van der Waals surface area contributed by atoms with Gasteiger partial charge < -0.3 is 9.47 Å². The molecule has 7 nitrogen and oxygen atoms in total. The van der Waals surface area contributed by atoms with E-state index in [0.29, 0.717) is 10.7 Å². The lowest BCUT2D eigenvalue weighted by molar-refractivity contribution is 0.242. The summed E-state index contributed by atoms with van der Waals surface area (Å²) in [6.07, 6.45) is 0. The fourth-order valence-electron chi connectivity index (χ4n) is 4.27. The van der Waals surface area contributed by atoms with Crippen LogP contribution in [0.2, 0.25) is 5.02 Å². The van der Waals surface area contributed by atoms with Crippen LogP contribution >= 0.6 is 11.6 Å². The van der Waals surface area contributed by atoms with Crippen molar-refractivity contribution in [2.75, 3.05) is 35.8 Å². The molecule has 1 saturated heterocycles. The van der Waals surface area contributed by atoms with Crippen molar-refractivity contribution in [3.63, 3.8) is 0 Å². The lowest BCUT2D eigenvalue weighted by atomic mass is 10.2. The third kappa shape index (κ3) is 4.75. The Hall–Kier alpha value is -3.07. The summed E-state index contributed by atoms with van der Waals surface area (Å²) in [5.74, 6) is 1.08. The van der Waals surface area contributed by atoms with Gasteiger partial charge in [-0.25, -0.2) is 13.4 Å². The Balaban J connectivity index is 1.19. The van der Waals surface area contributed by atoms with Crippen LogP contribution in [0.1, 0.15) is 5.82 Å². The molecule has 2 heterocycles. The highest BCUT2D eigenvalue weighted by Gasteiger charge is 2.20. The van der Waals surface area contributed by atoms with Gasteiger partial charge in [0, 0.05) is 49.6 Å². The fraction of sp³-hybridized carbons (Fsp3) is 0.240. The molecule has 176 valence electrons. The van der Waals surface area contributed by atoms with E-state index >= 15 is 0 Å². The molecular weight excluding hydrogens is 470 g/mol. The number of aryl methyl sites for hydroxylation is 1. The minimum Gasteiger partial charge on any atom is -0.369 e. The van der Waals surface area contributed by atoms with Gasteiger partial charge in [-0.05, 0) is 60.7 Å². The number of fused-ring (bicyclic) bond motifs is 1. The Morgan fingerprint density at radius 1 is 0.912 bits per heavy atom. The van der Waals surface area contributed by atoms with E-state index in [1.54, 1.807) is 24.3 Å². The van der Waals surface area contributed by atoms with Gasteiger partial charge in [-0.3, -0.25) is 9.62 Å². The number of hydrogen-bond acceptors (Lipinski definition) is 5. The number of nitrogens with one attached hydrogen (secondary N) is 1. The van der Waals surface area contributed by atoms with Crippen molar-refractivity contribution in [2.45, 2.75) is 11.4 Å². The molecule has 0 saturated carbocycles. The van der Waals surface area contributed by atoms with Crippen LogP contribution in [0, 0.1) is 0 Å². The van der Waals surface area contributed by atoms with E-state index in [2.05, 4.69) is 38.3 Å². The molecule has 0 spiro atoms. The van der Waals surface area contributed by atoms with E-state index in [9.17, 15) is 8.42 Å². The van der Waals surface area contributed by atoms with E-state index in [-0.39, 0.29) is 4.90 Å². The molecule has 0 atom stereocenters. The second-order valence-electron chi connectivity index (χ2n) is 8.45. The zero-order chi connectivity index (χ0) is 23.7. The van der Waals surface area contributed by atoms with Gasteiger partial charge in [-0.2, -0.15) is 0 Å². The number of benzene rings is 3. The van der Waals surface area contributed by atoms with Gasteiger partial charge in [0.2, 0.25) is 0 Å². The second-order valence-corrected chi connectivity index (χ2v) is 10.6. The molecule has 1 aliphatic heterocycles. The van der Waals surface area contributed by atoms with Gasteiger partial charge in [0.15, 0.2) is 0 Å². The molecule has 0 radical (unpaired) electrons. The molecule has 3 aromatic carbocycles. The summed E-state index contributed by atoms with van der Waals surface area (Å²) < 4.78 is 30.0. The van der Waals surface area contributed by atoms with Crippen molar-refractivity contribution in [2.24, 2.45) is 7.05 Å². The Bertz CT molecular complexity index is 1390. The van der Waals surface area contributed by atoms with Gasteiger partial charge in [0.05, 0.1) is 22.5 Å². The van der Waals surface area contributed by atoms with Crippen molar-refractivity contribution in [3.8, 4) is 0 Å². The van der Waals surface area contributed by atoms with Crippen molar-refractivity contribution in [1.29, 1.82) is 0 Å². The van der Waals surface area contributed by atoms with Crippen molar-refractivity contribution in [1.82, 2.24) is 14.5 Å². The van der Waals surface area contributed by atoms with Crippen LogP contribution in [0.15, 0.2) is 77.7 Å². The number of piperazine rings is 1. The number of para-hydroxylation sites is 2. The first-order chi connectivity index (χ1) is 16.4. The first kappa shape index (κ1) is 22.7. The molecule has 0 unspecified atom stereocenters. The molecule has 1 aromatic heterocycles. The molecule has 1 N–H and O–H groups in total. The van der Waals surface area contributed by atoms with Gasteiger partial charge in [-0.1, -0.05) is 23.7 Å². The van der Waals surface area contributed by atoms with E-state index in [1.165, 1.54) is 12.1 Å². The van der Waals surface area contributed by atoms with E-state index in [1.807, 2.05) is 24.3 Å². The van der Waals surface area contributed by atoms with Crippen LogP contribution in [0.5, 0.6) is 0 Å². The zero-order valence-electron chi connectivity index (χ0n) is 18.9. The average molecular weight is 496 g/mol. The topological polar surface area (TPSA) is 70.5 Å². The predicted octanol–water partition coefficient (Wildman–Crippen LogP) is 4.35.